The number of carbonyl (C=O) groups is 2. The molecule has 3 aromatic rings. The summed E-state index contributed by atoms with van der Waals surface area (Å²) in [4.78, 5) is 25.6. The molecule has 7 rings (SSSR count). The molecule has 17 heteroatoms. The van der Waals surface area contributed by atoms with Crippen molar-refractivity contribution in [3.05, 3.63) is 110 Å². The van der Waals surface area contributed by atoms with Crippen molar-refractivity contribution in [2.75, 3.05) is 11.9 Å². The number of aliphatic hydroxyl groups is 6. The van der Waals surface area contributed by atoms with E-state index < -0.39 is 37.3 Å². The largest absolute Gasteiger partial charge is 0.508 e. The van der Waals surface area contributed by atoms with E-state index in [0.29, 0.717) is 52.8 Å². The highest BCUT2D eigenvalue weighted by Crippen LogP contribution is 2.43. The number of hydrogen-bond acceptors (Lipinski definition) is 10. The van der Waals surface area contributed by atoms with Gasteiger partial charge in [-0.1, -0.05) is 46.9 Å². The summed E-state index contributed by atoms with van der Waals surface area (Å²) in [5.74, 6) is -0.214. The number of fused-ring (bicyclic) bond motifs is 3. The fourth-order valence-corrected chi connectivity index (χ4v) is 7.23. The molecule has 0 aromatic heterocycles. The molecule has 0 amide bonds. The second-order valence-electron chi connectivity index (χ2n) is 10.9. The van der Waals surface area contributed by atoms with Gasteiger partial charge in [0, 0.05) is 36.5 Å². The zero-order valence-corrected chi connectivity index (χ0v) is 31.8. The summed E-state index contributed by atoms with van der Waals surface area (Å²) in [5, 5.41) is 58.4. The molecule has 3 aromatic carbocycles. The summed E-state index contributed by atoms with van der Waals surface area (Å²) >= 11 is 28.4. The van der Waals surface area contributed by atoms with Crippen LogP contribution < -0.4 is 5.32 Å². The number of Topliss-reactive ketones (excluding diaryl/α,β-unsaturated/α-hetero) is 2. The van der Waals surface area contributed by atoms with Crippen molar-refractivity contribution in [2.45, 2.75) is 43.5 Å². The van der Waals surface area contributed by atoms with Gasteiger partial charge in [0.05, 0.1) is 38.6 Å². The van der Waals surface area contributed by atoms with Crippen LogP contribution in [0.3, 0.4) is 0 Å². The molecule has 1 fully saturated rings. The zero-order chi connectivity index (χ0) is 35.2. The van der Waals surface area contributed by atoms with Crippen molar-refractivity contribution in [1.82, 2.24) is 0 Å². The standard InChI is InChI=1S/C17H7Br2Cl2NO2.C9H6BrClO.C6H12O6.H2O/c18-8-2-1-6-5-7(16(23)11(6)13(8)20)15-17(24)12-10(22-15)4-3-9(19)14(12)21;10-6-3-1-5-2-4-7(12)8(5)9(6)11;7-1-2-3(8)4(9)5(10)6(11)12-2;/h1-4,22H,5H2;1,3-4,12H,2H2;2-11H,1H2;1H2/p+1/b15-7-;;;/t;;2?,3-,4-,5?,6+;/m..0./s1. The fourth-order valence-electron chi connectivity index (χ4n) is 5.44. The van der Waals surface area contributed by atoms with Crippen LogP contribution in [-0.4, -0.2) is 79.5 Å². The highest BCUT2D eigenvalue weighted by atomic mass is 79.9. The van der Waals surface area contributed by atoms with E-state index >= 15 is 0 Å². The Balaban J connectivity index is 0.000000183. The van der Waals surface area contributed by atoms with E-state index in [9.17, 15) is 14.7 Å². The molecule has 2 aliphatic heterocycles. The quantitative estimate of drug-likeness (QED) is 0.125. The van der Waals surface area contributed by atoms with Crippen molar-refractivity contribution in [3.8, 4) is 0 Å². The maximum Gasteiger partial charge on any atom is 0.213 e. The van der Waals surface area contributed by atoms with Gasteiger partial charge in [0.15, 0.2) is 12.1 Å². The summed E-state index contributed by atoms with van der Waals surface area (Å²) in [6.45, 7) is -0.526. The van der Waals surface area contributed by atoms with E-state index in [-0.39, 0.29) is 28.5 Å². The third kappa shape index (κ3) is 7.68. The SMILES string of the molecule is O=C1/C(=C2\Nc3ccc(Br)c(Cl)c3C2=O)Cc2ccc(Br)c(Cl)c21.OC1=CCc2ccc(Br)c(Cl)c21.OCC1O[C@@H](O)C(O)[C@@H](O)[C@H]1O.[OH3+]. The molecule has 10 N–H and O–H groups in total. The Bertz CT molecular complexity index is 1810. The molecule has 2 heterocycles. The normalized spacial score (nSPS) is 24.7. The molecular weight excluding hydrogens is 904 g/mol. The van der Waals surface area contributed by atoms with E-state index in [2.05, 4.69) is 57.8 Å². The lowest BCUT2D eigenvalue weighted by Crippen LogP contribution is -2.58. The van der Waals surface area contributed by atoms with Gasteiger partial charge in [0.2, 0.25) is 5.78 Å². The van der Waals surface area contributed by atoms with Crippen LogP contribution in [0.2, 0.25) is 15.1 Å². The minimum absolute atomic E-state index is 0. The third-order valence-corrected chi connectivity index (χ3v) is 11.8. The van der Waals surface area contributed by atoms with Gasteiger partial charge in [-0.2, -0.15) is 0 Å². The van der Waals surface area contributed by atoms with E-state index in [4.69, 9.17) is 60.3 Å². The summed E-state index contributed by atoms with van der Waals surface area (Å²) in [6, 6.07) is 11.0. The minimum Gasteiger partial charge on any atom is -0.508 e. The molecule has 4 aliphatic rings. The number of hydrogen-bond donors (Lipinski definition) is 7. The first-order chi connectivity index (χ1) is 22.7. The molecule has 2 unspecified atom stereocenters. The lowest BCUT2D eigenvalue weighted by atomic mass is 10.00. The van der Waals surface area contributed by atoms with Crippen LogP contribution in [0.5, 0.6) is 0 Å². The maximum atomic E-state index is 12.8. The van der Waals surface area contributed by atoms with E-state index in [1.54, 1.807) is 24.3 Å². The number of carbonyl (C=O) groups excluding carboxylic acids is 2. The summed E-state index contributed by atoms with van der Waals surface area (Å²) in [7, 11) is 0. The molecule has 5 atom stereocenters. The van der Waals surface area contributed by atoms with Crippen LogP contribution in [0, 0.1) is 0 Å². The Hall–Kier alpha value is -1.89. The molecule has 1 saturated heterocycles. The lowest BCUT2D eigenvalue weighted by Gasteiger charge is -2.37. The number of allylic oxidation sites excluding steroid dienone is 3. The predicted octanol–water partition coefficient (Wildman–Crippen LogP) is 5.23. The van der Waals surface area contributed by atoms with E-state index in [0.717, 1.165) is 27.6 Å². The van der Waals surface area contributed by atoms with Gasteiger partial charge in [-0.25, -0.2) is 0 Å². The highest BCUT2D eigenvalue weighted by molar-refractivity contribution is 9.11. The van der Waals surface area contributed by atoms with Crippen molar-refractivity contribution < 1.29 is 50.4 Å². The molecule has 262 valence electrons. The van der Waals surface area contributed by atoms with Crippen LogP contribution in [0.1, 0.15) is 37.4 Å². The second-order valence-corrected chi connectivity index (χ2v) is 14.6. The molecule has 0 spiro atoms. The zero-order valence-electron chi connectivity index (χ0n) is 24.8. The second kappa shape index (κ2) is 16.2. The van der Waals surface area contributed by atoms with Crippen LogP contribution in [-0.2, 0) is 23.1 Å². The maximum absolute atomic E-state index is 12.8. The van der Waals surface area contributed by atoms with Crippen molar-refractivity contribution in [3.63, 3.8) is 0 Å². The molecule has 49 heavy (non-hydrogen) atoms. The van der Waals surface area contributed by atoms with Crippen LogP contribution in [0.4, 0.5) is 5.69 Å². The lowest BCUT2D eigenvalue weighted by molar-refractivity contribution is -0.286. The number of aliphatic hydroxyl groups excluding tert-OH is 6. The van der Waals surface area contributed by atoms with Crippen LogP contribution in [0.25, 0.3) is 5.76 Å². The van der Waals surface area contributed by atoms with Gasteiger partial charge >= 0.3 is 0 Å². The first kappa shape index (κ1) is 39.9. The topological polar surface area (TPSA) is 210 Å². The van der Waals surface area contributed by atoms with Gasteiger partial charge in [0.1, 0.15) is 30.2 Å². The van der Waals surface area contributed by atoms with Crippen molar-refractivity contribution in [1.29, 1.82) is 0 Å². The van der Waals surface area contributed by atoms with Crippen molar-refractivity contribution in [2.24, 2.45) is 0 Å². The van der Waals surface area contributed by atoms with Crippen molar-refractivity contribution >= 4 is 106 Å². The Labute approximate surface area is 319 Å². The molecule has 2 aliphatic carbocycles. The number of nitrogens with one attached hydrogen (secondary N) is 1. The number of rotatable bonds is 1. The third-order valence-electron chi connectivity index (χ3n) is 7.98. The highest BCUT2D eigenvalue weighted by Gasteiger charge is 2.42. The number of anilines is 1. The Kier molecular flexibility index (Phi) is 13.2. The average molecular weight is 933 g/mol. The molecule has 0 saturated carbocycles. The molecular formula is C32H28Br3Cl3NO10+. The predicted molar refractivity (Wildman–Crippen MR) is 196 cm³/mol. The Morgan fingerprint density at radius 3 is 1.92 bits per heavy atom. The first-order valence-corrected chi connectivity index (χ1v) is 17.6. The number of ether oxygens (including phenoxy) is 1. The van der Waals surface area contributed by atoms with Gasteiger partial charge in [0.25, 0.3) is 0 Å². The summed E-state index contributed by atoms with van der Waals surface area (Å²) in [6.07, 6.45) is -4.14. The monoisotopic (exact) mass is 928 g/mol. The van der Waals surface area contributed by atoms with E-state index in [1.807, 2.05) is 18.2 Å². The number of benzene rings is 3. The van der Waals surface area contributed by atoms with Gasteiger partial charge < -0.3 is 46.2 Å². The number of ketones is 2. The van der Waals surface area contributed by atoms with Gasteiger partial charge in [-0.3, -0.25) is 9.59 Å². The van der Waals surface area contributed by atoms with Crippen LogP contribution in [0.15, 0.2) is 67.2 Å². The van der Waals surface area contributed by atoms with E-state index in [1.165, 1.54) is 0 Å². The average Bonchev–Trinajstić information content (AvgIpc) is 3.72. The minimum atomic E-state index is -1.57. The summed E-state index contributed by atoms with van der Waals surface area (Å²) in [5.41, 5.74) is 4.79. The number of halogens is 6. The van der Waals surface area contributed by atoms with Crippen LogP contribution >= 0.6 is 82.6 Å². The van der Waals surface area contributed by atoms with Gasteiger partial charge in [-0.05, 0) is 95.7 Å². The smallest absolute Gasteiger partial charge is 0.213 e. The van der Waals surface area contributed by atoms with Gasteiger partial charge in [-0.15, -0.1) is 0 Å². The fraction of sp³-hybridized carbons (Fsp3) is 0.250. The first-order valence-electron chi connectivity index (χ1n) is 14.1. The Morgan fingerprint density at radius 2 is 1.31 bits per heavy atom. The molecule has 11 nitrogen and oxygen atoms in total. The molecule has 0 bridgehead atoms. The Morgan fingerprint density at radius 1 is 0.755 bits per heavy atom. The molecule has 0 radical (unpaired) electrons. The summed E-state index contributed by atoms with van der Waals surface area (Å²) < 4.78 is 6.69.